The van der Waals surface area contributed by atoms with Crippen LogP contribution in [0.2, 0.25) is 0 Å². The topological polar surface area (TPSA) is 71.1 Å². The largest absolute Gasteiger partial charge is 0.493 e. The highest BCUT2D eigenvalue weighted by atomic mass is 32.1. The van der Waals surface area contributed by atoms with Crippen molar-refractivity contribution in [2.24, 2.45) is 5.92 Å². The summed E-state index contributed by atoms with van der Waals surface area (Å²) in [5, 5.41) is 4.97. The molecule has 1 N–H and O–H groups in total. The monoisotopic (exact) mass is 537 g/mol. The third kappa shape index (κ3) is 8.52. The summed E-state index contributed by atoms with van der Waals surface area (Å²) in [6.45, 7) is 7.68. The number of ether oxygens (including phenoxy) is 2. The highest BCUT2D eigenvalue weighted by molar-refractivity contribution is 7.09. The number of thiophene rings is 1. The van der Waals surface area contributed by atoms with Gasteiger partial charge in [0.1, 0.15) is 6.54 Å². The molecule has 0 saturated heterocycles. The fraction of sp³-hybridized carbons (Fsp3) is 0.400. The number of nitrogens with one attached hydrogen (secondary N) is 1. The molecule has 0 aliphatic rings. The number of aryl methyl sites for hydroxylation is 1. The van der Waals surface area contributed by atoms with E-state index in [1.54, 1.807) is 30.5 Å². The summed E-state index contributed by atoms with van der Waals surface area (Å²) in [5.41, 5.74) is 2.96. The van der Waals surface area contributed by atoms with Crippen molar-refractivity contribution in [3.05, 3.63) is 76.0 Å². The van der Waals surface area contributed by atoms with Crippen LogP contribution in [0.25, 0.3) is 0 Å². The van der Waals surface area contributed by atoms with Gasteiger partial charge in [-0.2, -0.15) is 0 Å². The highest BCUT2D eigenvalue weighted by Gasteiger charge is 2.23. The van der Waals surface area contributed by atoms with E-state index in [-0.39, 0.29) is 24.4 Å². The first-order chi connectivity index (χ1) is 18.3. The van der Waals surface area contributed by atoms with E-state index in [0.717, 1.165) is 22.5 Å². The number of methoxy groups -OCH3 is 2. The van der Waals surface area contributed by atoms with E-state index in [4.69, 9.17) is 9.47 Å². The second-order valence-corrected chi connectivity index (χ2v) is 10.6. The standard InChI is InChI=1S/C30H39N3O4S/c1-6-23-9-12-25(13-10-23)31-30(35)33(19-22(2)3)21-29(34)32(20-26-8-7-17-38-26)16-15-24-11-14-27(36-4)28(18-24)37-5/h7-14,17-18,22H,6,15-16,19-21H2,1-5H3,(H,31,35). The molecule has 2 aromatic carbocycles. The van der Waals surface area contributed by atoms with Gasteiger partial charge in [0, 0.05) is 23.7 Å². The second kappa shape index (κ2) is 14.4. The van der Waals surface area contributed by atoms with Crippen molar-refractivity contribution in [2.75, 3.05) is 39.2 Å². The van der Waals surface area contributed by atoms with Crippen LogP contribution in [0.15, 0.2) is 60.0 Å². The van der Waals surface area contributed by atoms with Crippen molar-refractivity contribution in [1.82, 2.24) is 9.80 Å². The van der Waals surface area contributed by atoms with Crippen LogP contribution in [0.1, 0.15) is 36.8 Å². The summed E-state index contributed by atoms with van der Waals surface area (Å²) in [6.07, 6.45) is 1.59. The van der Waals surface area contributed by atoms with Crippen molar-refractivity contribution in [1.29, 1.82) is 0 Å². The summed E-state index contributed by atoms with van der Waals surface area (Å²) < 4.78 is 10.8. The quantitative estimate of drug-likeness (QED) is 0.286. The summed E-state index contributed by atoms with van der Waals surface area (Å²) in [5.74, 6) is 1.46. The summed E-state index contributed by atoms with van der Waals surface area (Å²) in [6, 6.07) is 17.4. The molecule has 0 aliphatic carbocycles. The van der Waals surface area contributed by atoms with Crippen LogP contribution in [0.5, 0.6) is 11.5 Å². The van der Waals surface area contributed by atoms with Crippen LogP contribution in [0.3, 0.4) is 0 Å². The fourth-order valence-electron chi connectivity index (χ4n) is 4.13. The number of amides is 3. The number of nitrogens with zero attached hydrogens (tertiary/aromatic N) is 2. The number of hydrogen-bond donors (Lipinski definition) is 1. The van der Waals surface area contributed by atoms with Gasteiger partial charge in [-0.15, -0.1) is 11.3 Å². The molecule has 1 aromatic heterocycles. The average Bonchev–Trinajstić information content (AvgIpc) is 3.43. The van der Waals surface area contributed by atoms with Crippen LogP contribution in [-0.4, -0.2) is 55.6 Å². The Morgan fingerprint density at radius 3 is 2.26 bits per heavy atom. The SMILES string of the molecule is CCc1ccc(NC(=O)N(CC(=O)N(CCc2ccc(OC)c(OC)c2)Cc2cccs2)CC(C)C)cc1. The summed E-state index contributed by atoms with van der Waals surface area (Å²) in [4.78, 5) is 31.4. The molecule has 3 rings (SSSR count). The van der Waals surface area contributed by atoms with Crippen molar-refractivity contribution in [3.63, 3.8) is 0 Å². The highest BCUT2D eigenvalue weighted by Crippen LogP contribution is 2.28. The predicted molar refractivity (Wildman–Crippen MR) is 154 cm³/mol. The van der Waals surface area contributed by atoms with Gasteiger partial charge in [0.15, 0.2) is 11.5 Å². The van der Waals surface area contributed by atoms with Crippen LogP contribution >= 0.6 is 11.3 Å². The maximum atomic E-state index is 13.6. The number of urea groups is 1. The molecule has 0 aliphatic heterocycles. The maximum Gasteiger partial charge on any atom is 0.322 e. The third-order valence-electron chi connectivity index (χ3n) is 6.21. The van der Waals surface area contributed by atoms with E-state index in [9.17, 15) is 9.59 Å². The number of carbonyl (C=O) groups is 2. The number of carbonyl (C=O) groups excluding carboxylic acids is 2. The average molecular weight is 538 g/mol. The Morgan fingerprint density at radius 1 is 0.947 bits per heavy atom. The van der Waals surface area contributed by atoms with Crippen molar-refractivity contribution in [2.45, 2.75) is 40.2 Å². The number of benzene rings is 2. The molecule has 3 amide bonds. The molecule has 0 fully saturated rings. The molecular weight excluding hydrogens is 498 g/mol. The second-order valence-electron chi connectivity index (χ2n) is 9.59. The van der Waals surface area contributed by atoms with Gasteiger partial charge < -0.3 is 24.6 Å². The molecular formula is C30H39N3O4S. The smallest absolute Gasteiger partial charge is 0.322 e. The van der Waals surface area contributed by atoms with E-state index in [1.807, 2.05) is 78.7 Å². The van der Waals surface area contributed by atoms with Gasteiger partial charge in [-0.25, -0.2) is 4.79 Å². The molecule has 8 heteroatoms. The fourth-order valence-corrected chi connectivity index (χ4v) is 4.85. The van der Waals surface area contributed by atoms with Crippen LogP contribution in [0, 0.1) is 5.92 Å². The minimum atomic E-state index is -0.271. The normalized spacial score (nSPS) is 10.8. The molecule has 1 heterocycles. The van der Waals surface area contributed by atoms with E-state index in [2.05, 4.69) is 12.2 Å². The van der Waals surface area contributed by atoms with Crippen molar-refractivity contribution in [3.8, 4) is 11.5 Å². The molecule has 38 heavy (non-hydrogen) atoms. The first kappa shape index (κ1) is 29.0. The van der Waals surface area contributed by atoms with Gasteiger partial charge in [-0.05, 0) is 65.6 Å². The predicted octanol–water partition coefficient (Wildman–Crippen LogP) is 6.09. The number of anilines is 1. The zero-order valence-corrected chi connectivity index (χ0v) is 23.8. The van der Waals surface area contributed by atoms with Crippen LogP contribution in [-0.2, 0) is 24.2 Å². The molecule has 3 aromatic rings. The minimum absolute atomic E-state index is 0.00830. The Hall–Kier alpha value is -3.52. The lowest BCUT2D eigenvalue weighted by atomic mass is 10.1. The van der Waals surface area contributed by atoms with E-state index < -0.39 is 0 Å². The van der Waals surface area contributed by atoms with E-state index >= 15 is 0 Å². The van der Waals surface area contributed by atoms with Gasteiger partial charge in [0.25, 0.3) is 0 Å². The molecule has 204 valence electrons. The lowest BCUT2D eigenvalue weighted by Crippen LogP contribution is -2.46. The van der Waals surface area contributed by atoms with E-state index in [1.165, 1.54) is 5.56 Å². The zero-order valence-electron chi connectivity index (χ0n) is 23.0. The maximum absolute atomic E-state index is 13.6. The van der Waals surface area contributed by atoms with Gasteiger partial charge in [-0.1, -0.05) is 45.0 Å². The molecule has 0 bridgehead atoms. The summed E-state index contributed by atoms with van der Waals surface area (Å²) in [7, 11) is 3.22. The van der Waals surface area contributed by atoms with Gasteiger partial charge in [-0.3, -0.25) is 4.79 Å². The first-order valence-electron chi connectivity index (χ1n) is 13.0. The van der Waals surface area contributed by atoms with Gasteiger partial charge >= 0.3 is 6.03 Å². The molecule has 7 nitrogen and oxygen atoms in total. The lowest BCUT2D eigenvalue weighted by molar-refractivity contribution is -0.132. The van der Waals surface area contributed by atoms with E-state index in [0.29, 0.717) is 37.6 Å². The van der Waals surface area contributed by atoms with Gasteiger partial charge in [0.05, 0.1) is 20.8 Å². The zero-order chi connectivity index (χ0) is 27.5. The van der Waals surface area contributed by atoms with Crippen LogP contribution < -0.4 is 14.8 Å². The Balaban J connectivity index is 1.73. The molecule has 0 saturated carbocycles. The van der Waals surface area contributed by atoms with Crippen molar-refractivity contribution < 1.29 is 19.1 Å². The van der Waals surface area contributed by atoms with Crippen molar-refractivity contribution >= 4 is 29.0 Å². The molecule has 0 spiro atoms. The summed E-state index contributed by atoms with van der Waals surface area (Å²) >= 11 is 1.62. The minimum Gasteiger partial charge on any atom is -0.493 e. The van der Waals surface area contributed by atoms with Gasteiger partial charge in [0.2, 0.25) is 5.91 Å². The molecule has 0 unspecified atom stereocenters. The molecule has 0 atom stereocenters. The Kier molecular flexibility index (Phi) is 11.0. The number of hydrogen-bond acceptors (Lipinski definition) is 5. The Bertz CT molecular complexity index is 1160. The van der Waals surface area contributed by atoms with Crippen LogP contribution in [0.4, 0.5) is 10.5 Å². The molecule has 0 radical (unpaired) electrons. The number of rotatable bonds is 13. The Morgan fingerprint density at radius 2 is 1.66 bits per heavy atom. The third-order valence-corrected chi connectivity index (χ3v) is 7.07. The lowest BCUT2D eigenvalue weighted by Gasteiger charge is -2.29. The first-order valence-corrected chi connectivity index (χ1v) is 13.9. The Labute approximate surface area is 230 Å².